The van der Waals surface area contributed by atoms with Crippen molar-refractivity contribution in [3.05, 3.63) is 28.9 Å². The highest BCUT2D eigenvalue weighted by Gasteiger charge is 2.23. The number of nitrogen functional groups attached to an aromatic ring is 1. The second-order valence-electron chi connectivity index (χ2n) is 5.93. The molecule has 3 rings (SSSR count). The Kier molecular flexibility index (Phi) is 3.85. The number of fused-ring (bicyclic) bond motifs is 1. The molecule has 1 heterocycles. The third-order valence-corrected chi connectivity index (χ3v) is 5.35. The third-order valence-electron chi connectivity index (χ3n) is 4.17. The fourth-order valence-electron chi connectivity index (χ4n) is 3.07. The molecule has 0 bridgehead atoms. The van der Waals surface area contributed by atoms with E-state index in [1.807, 2.05) is 0 Å². The Morgan fingerprint density at radius 1 is 1.43 bits per heavy atom. The van der Waals surface area contributed by atoms with Crippen LogP contribution in [0.4, 0.5) is 10.1 Å². The van der Waals surface area contributed by atoms with Crippen LogP contribution in [0, 0.1) is 11.7 Å². The summed E-state index contributed by atoms with van der Waals surface area (Å²) in [5, 5.41) is 3.71. The van der Waals surface area contributed by atoms with E-state index in [1.165, 1.54) is 29.9 Å². The normalized spacial score (nSPS) is 22.4. The number of amides is 1. The van der Waals surface area contributed by atoms with E-state index in [9.17, 15) is 9.18 Å². The maximum Gasteiger partial charge on any atom is 0.263 e. The van der Waals surface area contributed by atoms with Crippen LogP contribution in [-0.2, 0) is 0 Å². The molecule has 2 atom stereocenters. The number of thiophene rings is 1. The van der Waals surface area contributed by atoms with Gasteiger partial charge in [0.1, 0.15) is 10.7 Å². The molecule has 1 amide bonds. The summed E-state index contributed by atoms with van der Waals surface area (Å²) in [6.07, 6.45) is 4.43. The summed E-state index contributed by atoms with van der Waals surface area (Å²) in [6, 6.07) is 4.68. The van der Waals surface area contributed by atoms with Gasteiger partial charge in [-0.15, -0.1) is 11.3 Å². The zero-order chi connectivity index (χ0) is 15.0. The van der Waals surface area contributed by atoms with Crippen molar-refractivity contribution < 1.29 is 9.18 Å². The zero-order valence-electron chi connectivity index (χ0n) is 12.0. The number of carbonyl (C=O) groups excluding carboxylic acids is 1. The predicted octanol–water partition coefficient (Wildman–Crippen LogP) is 3.93. The molecule has 112 valence electrons. The van der Waals surface area contributed by atoms with Gasteiger partial charge >= 0.3 is 0 Å². The second kappa shape index (κ2) is 5.64. The molecule has 21 heavy (non-hydrogen) atoms. The van der Waals surface area contributed by atoms with Crippen LogP contribution in [0.2, 0.25) is 0 Å². The lowest BCUT2D eigenvalue weighted by Crippen LogP contribution is -2.37. The molecule has 2 aromatic rings. The number of carbonyl (C=O) groups is 1. The first-order valence-electron chi connectivity index (χ1n) is 7.33. The maximum atomic E-state index is 13.3. The van der Waals surface area contributed by atoms with E-state index < -0.39 is 0 Å². The van der Waals surface area contributed by atoms with Gasteiger partial charge in [-0.2, -0.15) is 0 Å². The smallest absolute Gasteiger partial charge is 0.263 e. The Balaban J connectivity index is 1.82. The van der Waals surface area contributed by atoms with E-state index in [-0.39, 0.29) is 17.8 Å². The molecule has 0 aliphatic heterocycles. The van der Waals surface area contributed by atoms with E-state index in [0.717, 1.165) is 24.0 Å². The van der Waals surface area contributed by atoms with Crippen molar-refractivity contribution in [2.45, 2.75) is 38.6 Å². The van der Waals surface area contributed by atoms with Crippen molar-refractivity contribution in [1.29, 1.82) is 0 Å². The van der Waals surface area contributed by atoms with Crippen molar-refractivity contribution in [3.8, 4) is 0 Å². The first-order valence-corrected chi connectivity index (χ1v) is 8.14. The number of rotatable bonds is 2. The van der Waals surface area contributed by atoms with Crippen molar-refractivity contribution in [2.24, 2.45) is 5.92 Å². The van der Waals surface area contributed by atoms with Crippen LogP contribution < -0.4 is 11.1 Å². The van der Waals surface area contributed by atoms with Crippen LogP contribution in [0.3, 0.4) is 0 Å². The van der Waals surface area contributed by atoms with Gasteiger partial charge in [-0.05, 0) is 37.0 Å². The minimum atomic E-state index is -0.333. The zero-order valence-corrected chi connectivity index (χ0v) is 12.8. The van der Waals surface area contributed by atoms with Gasteiger partial charge in [0, 0.05) is 16.1 Å². The molecule has 5 heteroatoms. The van der Waals surface area contributed by atoms with Crippen molar-refractivity contribution in [3.63, 3.8) is 0 Å². The lowest BCUT2D eigenvalue weighted by molar-refractivity contribution is 0.0926. The van der Waals surface area contributed by atoms with E-state index in [2.05, 4.69) is 12.2 Å². The number of nitrogens with two attached hydrogens (primary N) is 1. The number of hydrogen-bond acceptors (Lipinski definition) is 3. The van der Waals surface area contributed by atoms with Gasteiger partial charge in [-0.1, -0.05) is 19.8 Å². The monoisotopic (exact) mass is 306 g/mol. The summed E-state index contributed by atoms with van der Waals surface area (Å²) in [5.74, 6) is 0.186. The van der Waals surface area contributed by atoms with Gasteiger partial charge in [0.2, 0.25) is 0 Å². The van der Waals surface area contributed by atoms with Crippen molar-refractivity contribution in [1.82, 2.24) is 5.32 Å². The summed E-state index contributed by atoms with van der Waals surface area (Å²) in [4.78, 5) is 12.9. The Morgan fingerprint density at radius 3 is 3.00 bits per heavy atom. The van der Waals surface area contributed by atoms with Gasteiger partial charge in [0.05, 0.1) is 5.69 Å². The minimum absolute atomic E-state index is 0.131. The van der Waals surface area contributed by atoms with Crippen LogP contribution in [-0.4, -0.2) is 11.9 Å². The first kappa shape index (κ1) is 14.3. The summed E-state index contributed by atoms with van der Waals surface area (Å²) in [6.45, 7) is 2.22. The molecule has 1 aromatic carbocycles. The van der Waals surface area contributed by atoms with Gasteiger partial charge < -0.3 is 11.1 Å². The molecule has 0 radical (unpaired) electrons. The Bertz CT molecular complexity index is 682. The fraction of sp³-hybridized carbons (Fsp3) is 0.438. The molecule has 1 fully saturated rings. The number of anilines is 1. The molecule has 1 aromatic heterocycles. The van der Waals surface area contributed by atoms with E-state index in [1.54, 1.807) is 6.07 Å². The second-order valence-corrected chi connectivity index (χ2v) is 6.98. The molecule has 3 nitrogen and oxygen atoms in total. The van der Waals surface area contributed by atoms with Crippen LogP contribution in [0.1, 0.15) is 42.3 Å². The standard InChI is InChI=1S/C16H19FN2OS/c1-9-3-2-4-11(7-9)19-16(20)15-14(18)12-8-10(17)5-6-13(12)21-15/h5-6,8-9,11H,2-4,7,18H2,1H3,(H,19,20). The largest absolute Gasteiger partial charge is 0.397 e. The molecule has 1 aliphatic rings. The summed E-state index contributed by atoms with van der Waals surface area (Å²) in [7, 11) is 0. The summed E-state index contributed by atoms with van der Waals surface area (Å²) < 4.78 is 14.1. The van der Waals surface area contributed by atoms with Gasteiger partial charge in [-0.3, -0.25) is 4.79 Å². The summed E-state index contributed by atoms with van der Waals surface area (Å²) >= 11 is 1.33. The predicted molar refractivity (Wildman–Crippen MR) is 85.1 cm³/mol. The third kappa shape index (κ3) is 2.88. The molecule has 0 saturated heterocycles. The highest BCUT2D eigenvalue weighted by molar-refractivity contribution is 7.21. The molecule has 0 spiro atoms. The van der Waals surface area contributed by atoms with Crippen LogP contribution in [0.5, 0.6) is 0 Å². The van der Waals surface area contributed by atoms with E-state index >= 15 is 0 Å². The first-order chi connectivity index (χ1) is 10.0. The molecule has 1 saturated carbocycles. The number of benzene rings is 1. The van der Waals surface area contributed by atoms with Crippen molar-refractivity contribution >= 4 is 33.0 Å². The Morgan fingerprint density at radius 2 is 2.24 bits per heavy atom. The van der Waals surface area contributed by atoms with Crippen LogP contribution >= 0.6 is 11.3 Å². The lowest BCUT2D eigenvalue weighted by atomic mass is 9.87. The SMILES string of the molecule is CC1CCCC(NC(=O)c2sc3ccc(F)cc3c2N)C1. The quantitative estimate of drug-likeness (QED) is 0.883. The van der Waals surface area contributed by atoms with Crippen molar-refractivity contribution in [2.75, 3.05) is 5.73 Å². The average Bonchev–Trinajstić information content (AvgIpc) is 2.76. The number of halogens is 1. The summed E-state index contributed by atoms with van der Waals surface area (Å²) in [5.41, 5.74) is 6.41. The maximum absolute atomic E-state index is 13.3. The highest BCUT2D eigenvalue weighted by atomic mass is 32.1. The average molecular weight is 306 g/mol. The molecule has 2 unspecified atom stereocenters. The lowest BCUT2D eigenvalue weighted by Gasteiger charge is -2.27. The van der Waals surface area contributed by atoms with Gasteiger partial charge in [0.25, 0.3) is 5.91 Å². The number of hydrogen-bond donors (Lipinski definition) is 2. The van der Waals surface area contributed by atoms with Crippen LogP contribution in [0.15, 0.2) is 18.2 Å². The van der Waals surface area contributed by atoms with Gasteiger partial charge in [-0.25, -0.2) is 4.39 Å². The van der Waals surface area contributed by atoms with E-state index in [0.29, 0.717) is 21.9 Å². The van der Waals surface area contributed by atoms with Crippen LogP contribution in [0.25, 0.3) is 10.1 Å². The molecule has 3 N–H and O–H groups in total. The topological polar surface area (TPSA) is 55.1 Å². The molecule has 1 aliphatic carbocycles. The van der Waals surface area contributed by atoms with Gasteiger partial charge in [0.15, 0.2) is 0 Å². The molecular weight excluding hydrogens is 287 g/mol. The number of nitrogens with one attached hydrogen (secondary N) is 1. The Labute approximate surface area is 127 Å². The fourth-order valence-corrected chi connectivity index (χ4v) is 4.08. The highest BCUT2D eigenvalue weighted by Crippen LogP contribution is 2.34. The minimum Gasteiger partial charge on any atom is -0.397 e. The Hall–Kier alpha value is -1.62. The molecular formula is C16H19FN2OS. The van der Waals surface area contributed by atoms with E-state index in [4.69, 9.17) is 5.73 Å².